The minimum absolute atomic E-state index is 0.0141. The molecule has 24 heavy (non-hydrogen) atoms. The molecule has 0 bridgehead atoms. The summed E-state index contributed by atoms with van der Waals surface area (Å²) in [6, 6.07) is 11.3. The molecule has 3 N–H and O–H groups in total. The van der Waals surface area contributed by atoms with Crippen LogP contribution in [-0.2, 0) is 0 Å². The summed E-state index contributed by atoms with van der Waals surface area (Å²) in [7, 11) is 0. The van der Waals surface area contributed by atoms with Gasteiger partial charge in [-0.05, 0) is 55.3 Å². The fourth-order valence-electron chi connectivity index (χ4n) is 2.28. The minimum Gasteiger partial charge on any atom is -0.382 e. The van der Waals surface area contributed by atoms with Crippen LogP contribution in [0.3, 0.4) is 0 Å². The van der Waals surface area contributed by atoms with Crippen molar-refractivity contribution < 1.29 is 9.18 Å². The normalized spacial score (nSPS) is 10.6. The molecule has 0 aliphatic carbocycles. The number of hydrogen-bond donors (Lipinski definition) is 2. The SMILES string of the molecule is Cc1ccc(C)c(NC(=O)c2nnn(-c3ccc(F)cc3)c2N)c1. The smallest absolute Gasteiger partial charge is 0.280 e. The molecule has 0 spiro atoms. The summed E-state index contributed by atoms with van der Waals surface area (Å²) >= 11 is 0. The van der Waals surface area contributed by atoms with E-state index in [2.05, 4.69) is 15.6 Å². The Morgan fingerprint density at radius 3 is 2.58 bits per heavy atom. The molecule has 6 nitrogen and oxygen atoms in total. The Balaban J connectivity index is 1.89. The highest BCUT2D eigenvalue weighted by Gasteiger charge is 2.19. The molecule has 1 heterocycles. The number of nitrogens with two attached hydrogens (primary N) is 1. The molecule has 0 atom stereocenters. The Hall–Kier alpha value is -3.22. The van der Waals surface area contributed by atoms with E-state index in [0.717, 1.165) is 11.1 Å². The van der Waals surface area contributed by atoms with E-state index in [1.807, 2.05) is 32.0 Å². The lowest BCUT2D eigenvalue weighted by atomic mass is 10.1. The molecule has 122 valence electrons. The van der Waals surface area contributed by atoms with Crippen LogP contribution in [0, 0.1) is 19.7 Å². The maximum Gasteiger partial charge on any atom is 0.280 e. The minimum atomic E-state index is -0.449. The summed E-state index contributed by atoms with van der Waals surface area (Å²) in [5.74, 6) is -0.732. The summed E-state index contributed by atoms with van der Waals surface area (Å²) < 4.78 is 14.3. The number of nitrogens with one attached hydrogen (secondary N) is 1. The van der Waals surface area contributed by atoms with Crippen LogP contribution in [0.5, 0.6) is 0 Å². The van der Waals surface area contributed by atoms with Crippen molar-refractivity contribution in [1.29, 1.82) is 0 Å². The maximum absolute atomic E-state index is 13.0. The highest BCUT2D eigenvalue weighted by Crippen LogP contribution is 2.20. The highest BCUT2D eigenvalue weighted by molar-refractivity contribution is 6.06. The van der Waals surface area contributed by atoms with E-state index in [9.17, 15) is 9.18 Å². The molecule has 0 saturated heterocycles. The van der Waals surface area contributed by atoms with Gasteiger partial charge in [0.15, 0.2) is 11.5 Å². The summed E-state index contributed by atoms with van der Waals surface area (Å²) in [6.07, 6.45) is 0. The van der Waals surface area contributed by atoms with Gasteiger partial charge in [0, 0.05) is 5.69 Å². The van der Waals surface area contributed by atoms with Crippen molar-refractivity contribution in [2.75, 3.05) is 11.1 Å². The maximum atomic E-state index is 13.0. The average Bonchev–Trinajstić information content (AvgIpc) is 2.93. The van der Waals surface area contributed by atoms with Gasteiger partial charge in [-0.1, -0.05) is 17.3 Å². The number of benzene rings is 2. The fourth-order valence-corrected chi connectivity index (χ4v) is 2.28. The molecule has 3 aromatic rings. The second-order valence-corrected chi connectivity index (χ2v) is 5.48. The zero-order chi connectivity index (χ0) is 17.3. The number of carbonyl (C=O) groups is 1. The van der Waals surface area contributed by atoms with Gasteiger partial charge in [0.05, 0.1) is 5.69 Å². The molecule has 1 amide bonds. The van der Waals surface area contributed by atoms with E-state index in [4.69, 9.17) is 5.73 Å². The van der Waals surface area contributed by atoms with E-state index in [1.165, 1.54) is 28.9 Å². The standard InChI is InChI=1S/C17H16FN5O/c1-10-3-4-11(2)14(9-10)20-17(24)15-16(19)23(22-21-15)13-7-5-12(18)6-8-13/h3-9H,19H2,1-2H3,(H,20,24). The molecule has 0 fully saturated rings. The van der Waals surface area contributed by atoms with E-state index in [0.29, 0.717) is 11.4 Å². The Kier molecular flexibility index (Phi) is 3.99. The van der Waals surface area contributed by atoms with Crippen LogP contribution in [-0.4, -0.2) is 20.9 Å². The molecule has 1 aromatic heterocycles. The quantitative estimate of drug-likeness (QED) is 0.775. The van der Waals surface area contributed by atoms with Gasteiger partial charge < -0.3 is 11.1 Å². The molecule has 0 unspecified atom stereocenters. The number of hydrogen-bond acceptors (Lipinski definition) is 4. The van der Waals surface area contributed by atoms with Crippen molar-refractivity contribution in [3.05, 3.63) is 65.1 Å². The number of nitrogens with zero attached hydrogens (tertiary/aromatic N) is 3. The third-order valence-electron chi connectivity index (χ3n) is 3.63. The number of carbonyl (C=O) groups excluding carboxylic acids is 1. The lowest BCUT2D eigenvalue weighted by molar-refractivity contribution is 0.102. The monoisotopic (exact) mass is 325 g/mol. The van der Waals surface area contributed by atoms with Crippen LogP contribution in [0.2, 0.25) is 0 Å². The first-order chi connectivity index (χ1) is 11.5. The fraction of sp³-hybridized carbons (Fsp3) is 0.118. The number of aromatic nitrogens is 3. The third-order valence-corrected chi connectivity index (χ3v) is 3.63. The zero-order valence-corrected chi connectivity index (χ0v) is 13.2. The summed E-state index contributed by atoms with van der Waals surface area (Å²) in [5.41, 5.74) is 9.16. The number of nitrogen functional groups attached to an aromatic ring is 1. The number of aryl methyl sites for hydroxylation is 2. The van der Waals surface area contributed by atoms with Gasteiger partial charge in [-0.15, -0.1) is 5.10 Å². The van der Waals surface area contributed by atoms with Crippen LogP contribution in [0.1, 0.15) is 21.6 Å². The number of anilines is 2. The van der Waals surface area contributed by atoms with E-state index in [1.54, 1.807) is 0 Å². The number of halogens is 1. The molecule has 0 aliphatic heterocycles. The molecule has 3 rings (SSSR count). The molecule has 0 aliphatic rings. The first-order valence-electron chi connectivity index (χ1n) is 7.31. The number of amides is 1. The van der Waals surface area contributed by atoms with E-state index in [-0.39, 0.29) is 17.3 Å². The summed E-state index contributed by atoms with van der Waals surface area (Å²) in [4.78, 5) is 12.4. The van der Waals surface area contributed by atoms with Gasteiger partial charge in [0.2, 0.25) is 0 Å². The first kappa shape index (κ1) is 15.7. The second kappa shape index (κ2) is 6.11. The van der Waals surface area contributed by atoms with Crippen LogP contribution in [0.25, 0.3) is 5.69 Å². The van der Waals surface area contributed by atoms with Crippen molar-refractivity contribution in [3.8, 4) is 5.69 Å². The average molecular weight is 325 g/mol. The van der Waals surface area contributed by atoms with Gasteiger partial charge >= 0.3 is 0 Å². The Morgan fingerprint density at radius 1 is 1.17 bits per heavy atom. The van der Waals surface area contributed by atoms with Crippen LogP contribution >= 0.6 is 0 Å². The van der Waals surface area contributed by atoms with Gasteiger partial charge in [0.25, 0.3) is 5.91 Å². The van der Waals surface area contributed by atoms with E-state index >= 15 is 0 Å². The topological polar surface area (TPSA) is 85.8 Å². The van der Waals surface area contributed by atoms with Crippen LogP contribution < -0.4 is 11.1 Å². The first-order valence-corrected chi connectivity index (χ1v) is 7.31. The Bertz CT molecular complexity index is 902. The molecule has 2 aromatic carbocycles. The van der Waals surface area contributed by atoms with Crippen molar-refractivity contribution in [1.82, 2.24) is 15.0 Å². The van der Waals surface area contributed by atoms with Crippen LogP contribution in [0.15, 0.2) is 42.5 Å². The summed E-state index contributed by atoms with van der Waals surface area (Å²) in [5, 5.41) is 10.5. The molecule has 0 saturated carbocycles. The van der Waals surface area contributed by atoms with Gasteiger partial charge in [-0.25, -0.2) is 4.39 Å². The van der Waals surface area contributed by atoms with Crippen molar-refractivity contribution in [2.45, 2.75) is 13.8 Å². The summed E-state index contributed by atoms with van der Waals surface area (Å²) in [6.45, 7) is 3.84. The zero-order valence-electron chi connectivity index (χ0n) is 13.2. The molecular weight excluding hydrogens is 309 g/mol. The van der Waals surface area contributed by atoms with Crippen LogP contribution in [0.4, 0.5) is 15.9 Å². The van der Waals surface area contributed by atoms with Crippen molar-refractivity contribution in [2.24, 2.45) is 0 Å². The largest absolute Gasteiger partial charge is 0.382 e. The van der Waals surface area contributed by atoms with Gasteiger partial charge in [-0.3, -0.25) is 4.79 Å². The van der Waals surface area contributed by atoms with Gasteiger partial charge in [0.1, 0.15) is 5.82 Å². The van der Waals surface area contributed by atoms with Crippen molar-refractivity contribution >= 4 is 17.4 Å². The second-order valence-electron chi connectivity index (χ2n) is 5.48. The van der Waals surface area contributed by atoms with Crippen molar-refractivity contribution in [3.63, 3.8) is 0 Å². The van der Waals surface area contributed by atoms with Gasteiger partial charge in [-0.2, -0.15) is 4.68 Å². The lowest BCUT2D eigenvalue weighted by Crippen LogP contribution is -2.15. The Morgan fingerprint density at radius 2 is 1.88 bits per heavy atom. The highest BCUT2D eigenvalue weighted by atomic mass is 19.1. The molecular formula is C17H16FN5O. The molecule has 0 radical (unpaired) electrons. The lowest BCUT2D eigenvalue weighted by Gasteiger charge is -2.08. The third kappa shape index (κ3) is 2.96. The van der Waals surface area contributed by atoms with E-state index < -0.39 is 5.91 Å². The number of rotatable bonds is 3. The predicted octanol–water partition coefficient (Wildman–Crippen LogP) is 2.86. The predicted molar refractivity (Wildman–Crippen MR) is 89.6 cm³/mol. The molecule has 7 heteroatoms. The Labute approximate surface area is 138 Å².